The number of rotatable bonds is 6. The van der Waals surface area contributed by atoms with Crippen LogP contribution in [-0.4, -0.2) is 49.1 Å². The molecule has 0 saturated carbocycles. The van der Waals surface area contributed by atoms with E-state index in [0.717, 1.165) is 6.92 Å². The molecule has 2 N–H and O–H groups in total. The Morgan fingerprint density at radius 2 is 2.00 bits per heavy atom. The van der Waals surface area contributed by atoms with Crippen LogP contribution in [0.1, 0.15) is 60.5 Å². The number of halogens is 4. The fraction of sp³-hybridized carbons (Fsp3) is 0.429. The second kappa shape index (κ2) is 10.4. The molecule has 0 unspecified atom stereocenters. The van der Waals surface area contributed by atoms with Gasteiger partial charge < -0.3 is 19.7 Å². The van der Waals surface area contributed by atoms with Gasteiger partial charge in [0.05, 0.1) is 35.1 Å². The van der Waals surface area contributed by atoms with Crippen LogP contribution in [0.25, 0.3) is 22.3 Å². The summed E-state index contributed by atoms with van der Waals surface area (Å²) in [7, 11) is 0.411. The highest BCUT2D eigenvalue weighted by Gasteiger charge is 2.43. The SMILES string of the molecule is CC[C@@H](O)C(=O)OCc1c([SiH3])cc2n(c1=O)Cc1c-2nc2cc(F)c(C)c3c2c1[C@@H](NC(=O)[C@@H](C)C(F)(F)F)CC3. The lowest BCUT2D eigenvalue weighted by Gasteiger charge is -2.30. The van der Waals surface area contributed by atoms with Crippen LogP contribution < -0.4 is 16.1 Å². The van der Waals surface area contributed by atoms with Crippen LogP contribution in [0.5, 0.6) is 0 Å². The third kappa shape index (κ3) is 4.84. The van der Waals surface area contributed by atoms with Gasteiger partial charge >= 0.3 is 12.1 Å². The molecule has 3 aromatic rings. The zero-order valence-electron chi connectivity index (χ0n) is 22.9. The number of benzene rings is 1. The van der Waals surface area contributed by atoms with Crippen molar-refractivity contribution in [3.63, 3.8) is 0 Å². The molecule has 5 rings (SSSR count). The van der Waals surface area contributed by atoms with Crippen molar-refractivity contribution in [3.05, 3.63) is 56.1 Å². The Balaban J connectivity index is 1.64. The summed E-state index contributed by atoms with van der Waals surface area (Å²) in [5.41, 5.74) is 3.17. The van der Waals surface area contributed by atoms with Crippen LogP contribution in [0.15, 0.2) is 16.9 Å². The van der Waals surface area contributed by atoms with Gasteiger partial charge in [-0.25, -0.2) is 14.2 Å². The Hall–Kier alpha value is -3.58. The molecular formula is C28H29F4N3O5Si. The monoisotopic (exact) mass is 591 g/mol. The standard InChI is InChI=1S/C28H29F4N3O5Si/c1-4-20(36)27(39)40-10-15-21(41)8-19-24-14(9-35(19)26(15)38)23-17(34-25(37)12(3)28(30,31)32)6-5-13-11(2)16(29)7-18(33-24)22(13)23/h7-8,12,17,20,36H,4-6,9-10H2,1-3,41H3,(H,34,37)/t12-,17+,20-/m1/s1. The molecule has 8 nitrogen and oxygen atoms in total. The maximum Gasteiger partial charge on any atom is 0.400 e. The smallest absolute Gasteiger partial charge is 0.400 e. The number of fused-ring (bicyclic) bond motifs is 4. The fourth-order valence-electron chi connectivity index (χ4n) is 5.64. The van der Waals surface area contributed by atoms with E-state index in [-0.39, 0.29) is 31.6 Å². The van der Waals surface area contributed by atoms with Crippen molar-refractivity contribution in [2.24, 2.45) is 5.92 Å². The Morgan fingerprint density at radius 1 is 1.29 bits per heavy atom. The van der Waals surface area contributed by atoms with Crippen molar-refractivity contribution < 1.29 is 37.0 Å². The normalized spacial score (nSPS) is 17.2. The van der Waals surface area contributed by atoms with Crippen molar-refractivity contribution in [1.29, 1.82) is 0 Å². The predicted octanol–water partition coefficient (Wildman–Crippen LogP) is 1.98. The number of aliphatic hydroxyl groups excluding tert-OH is 1. The number of nitrogens with one attached hydrogen (secondary N) is 1. The second-order valence-corrected chi connectivity index (χ2v) is 11.8. The number of hydrogen-bond acceptors (Lipinski definition) is 6. The van der Waals surface area contributed by atoms with Crippen molar-refractivity contribution in [1.82, 2.24) is 14.9 Å². The molecule has 1 aliphatic heterocycles. The summed E-state index contributed by atoms with van der Waals surface area (Å²) in [6.07, 6.45) is -5.28. The molecule has 13 heteroatoms. The van der Waals surface area contributed by atoms with E-state index >= 15 is 0 Å². The van der Waals surface area contributed by atoms with Crippen LogP contribution in [0.2, 0.25) is 0 Å². The molecule has 3 heterocycles. The number of carbonyl (C=O) groups is 2. The molecule has 0 spiro atoms. The average Bonchev–Trinajstić information content (AvgIpc) is 3.28. The first-order valence-electron chi connectivity index (χ1n) is 13.3. The topological polar surface area (TPSA) is 111 Å². The van der Waals surface area contributed by atoms with Crippen molar-refractivity contribution in [2.45, 2.75) is 71.5 Å². The van der Waals surface area contributed by atoms with Crippen LogP contribution >= 0.6 is 0 Å². The number of aromatic nitrogens is 2. The first-order valence-corrected chi connectivity index (χ1v) is 14.3. The molecule has 1 amide bonds. The second-order valence-electron chi connectivity index (χ2n) is 10.7. The van der Waals surface area contributed by atoms with Crippen molar-refractivity contribution in [3.8, 4) is 11.4 Å². The van der Waals surface area contributed by atoms with E-state index < -0.39 is 47.5 Å². The van der Waals surface area contributed by atoms with Crippen LogP contribution in [0.4, 0.5) is 17.6 Å². The molecule has 0 bridgehead atoms. The third-order valence-electron chi connectivity index (χ3n) is 8.18. The summed E-state index contributed by atoms with van der Waals surface area (Å²) in [5, 5.41) is 13.5. The first-order chi connectivity index (χ1) is 19.2. The molecule has 0 fully saturated rings. The lowest BCUT2D eigenvalue weighted by Crippen LogP contribution is -2.40. The first kappa shape index (κ1) is 28.9. The van der Waals surface area contributed by atoms with E-state index in [2.05, 4.69) is 5.32 Å². The van der Waals surface area contributed by atoms with Gasteiger partial charge in [-0.15, -0.1) is 0 Å². The van der Waals surface area contributed by atoms with E-state index in [9.17, 15) is 37.1 Å². The highest BCUT2D eigenvalue weighted by molar-refractivity contribution is 6.33. The minimum absolute atomic E-state index is 0.0270. The molecule has 218 valence electrons. The summed E-state index contributed by atoms with van der Waals surface area (Å²) in [6.45, 7) is 3.75. The minimum atomic E-state index is -4.72. The molecule has 1 aromatic carbocycles. The molecule has 41 heavy (non-hydrogen) atoms. The number of amides is 1. The van der Waals surface area contributed by atoms with E-state index in [0.29, 0.717) is 66.4 Å². The van der Waals surface area contributed by atoms with Crippen molar-refractivity contribution in [2.75, 3.05) is 0 Å². The third-order valence-corrected chi connectivity index (χ3v) is 9.07. The van der Waals surface area contributed by atoms with Gasteiger partial charge in [0, 0.05) is 27.3 Å². The highest BCUT2D eigenvalue weighted by atomic mass is 28.1. The number of ether oxygens (including phenoxy) is 1. The Kier molecular flexibility index (Phi) is 7.31. The maximum absolute atomic E-state index is 14.9. The number of aliphatic hydroxyl groups is 1. The van der Waals surface area contributed by atoms with E-state index in [1.807, 2.05) is 0 Å². The summed E-state index contributed by atoms with van der Waals surface area (Å²) in [4.78, 5) is 43.0. The zero-order chi connectivity index (χ0) is 30.0. The predicted molar refractivity (Wildman–Crippen MR) is 145 cm³/mol. The van der Waals surface area contributed by atoms with Gasteiger partial charge in [0.25, 0.3) is 5.56 Å². The number of pyridine rings is 2. The summed E-state index contributed by atoms with van der Waals surface area (Å²) < 4.78 is 61.5. The minimum Gasteiger partial charge on any atom is -0.459 e. The number of alkyl halides is 3. The molecule has 3 atom stereocenters. The fourth-order valence-corrected chi connectivity index (χ4v) is 6.27. The molecule has 2 aliphatic rings. The van der Waals surface area contributed by atoms with Gasteiger partial charge in [-0.1, -0.05) is 12.1 Å². The van der Waals surface area contributed by atoms with Gasteiger partial charge in [-0.05, 0) is 55.9 Å². The zero-order valence-corrected chi connectivity index (χ0v) is 24.9. The summed E-state index contributed by atoms with van der Waals surface area (Å²) in [5.74, 6) is -4.70. The average molecular weight is 592 g/mol. The van der Waals surface area contributed by atoms with Gasteiger partial charge in [-0.2, -0.15) is 13.2 Å². The Bertz CT molecular complexity index is 1670. The van der Waals surface area contributed by atoms with Gasteiger partial charge in [-0.3, -0.25) is 9.59 Å². The Morgan fingerprint density at radius 3 is 2.66 bits per heavy atom. The summed E-state index contributed by atoms with van der Waals surface area (Å²) >= 11 is 0. The Labute approximate surface area is 235 Å². The lowest BCUT2D eigenvalue weighted by atomic mass is 9.81. The summed E-state index contributed by atoms with van der Waals surface area (Å²) in [6, 6.07) is 2.22. The number of esters is 1. The quantitative estimate of drug-likeness (QED) is 0.202. The maximum atomic E-state index is 14.9. The van der Waals surface area contributed by atoms with Crippen molar-refractivity contribution >= 4 is 38.2 Å². The van der Waals surface area contributed by atoms with Crippen LogP contribution in [0, 0.1) is 18.7 Å². The van der Waals surface area contributed by atoms with Crippen LogP contribution in [-0.2, 0) is 33.9 Å². The van der Waals surface area contributed by atoms with Gasteiger partial charge in [0.1, 0.15) is 18.3 Å². The van der Waals surface area contributed by atoms with E-state index in [1.165, 1.54) is 10.6 Å². The molecular weight excluding hydrogens is 562 g/mol. The molecule has 0 radical (unpaired) electrons. The van der Waals surface area contributed by atoms with Crippen LogP contribution in [0.3, 0.4) is 0 Å². The van der Waals surface area contributed by atoms with E-state index in [4.69, 9.17) is 9.72 Å². The number of aryl methyl sites for hydroxylation is 1. The van der Waals surface area contributed by atoms with Gasteiger partial charge in [0.15, 0.2) is 6.10 Å². The molecule has 0 saturated heterocycles. The van der Waals surface area contributed by atoms with Gasteiger partial charge in [0.2, 0.25) is 5.91 Å². The molecule has 2 aromatic heterocycles. The number of hydrogen-bond donors (Lipinski definition) is 2. The highest BCUT2D eigenvalue weighted by Crippen LogP contribution is 2.44. The number of carbonyl (C=O) groups excluding carboxylic acids is 2. The lowest BCUT2D eigenvalue weighted by molar-refractivity contribution is -0.179. The number of nitrogens with zero attached hydrogens (tertiary/aromatic N) is 2. The largest absolute Gasteiger partial charge is 0.459 e. The molecule has 1 aliphatic carbocycles. The van der Waals surface area contributed by atoms with E-state index in [1.54, 1.807) is 19.9 Å².